The number of hydrogen-bond donors (Lipinski definition) is 0. The largest absolute Gasteiger partial charge is 0.456 e. The monoisotopic (exact) mass is 306 g/mol. The van der Waals surface area contributed by atoms with Crippen molar-refractivity contribution in [2.75, 3.05) is 0 Å². The van der Waals surface area contributed by atoms with E-state index in [0.29, 0.717) is 5.56 Å². The Balaban J connectivity index is 2.04. The van der Waals surface area contributed by atoms with Crippen molar-refractivity contribution >= 4 is 29.2 Å². The molecule has 0 amide bonds. The Labute approximate surface area is 125 Å². The van der Waals surface area contributed by atoms with Crippen LogP contribution in [0.2, 0.25) is 10.2 Å². The smallest absolute Gasteiger partial charge is 0.358 e. The Morgan fingerprint density at radius 2 is 1.90 bits per heavy atom. The van der Waals surface area contributed by atoms with Gasteiger partial charge in [-0.25, -0.2) is 9.78 Å². The third kappa shape index (κ3) is 3.47. The molecule has 0 fully saturated rings. The third-order valence-corrected chi connectivity index (χ3v) is 2.97. The number of nitriles is 1. The number of carbonyl (C=O) groups excluding carboxylic acids is 1. The number of rotatable bonds is 3. The quantitative estimate of drug-likeness (QED) is 0.642. The molecular weight excluding hydrogens is 299 g/mol. The van der Waals surface area contributed by atoms with E-state index in [1.807, 2.05) is 6.07 Å². The topological polar surface area (TPSA) is 63.0 Å². The molecule has 6 heteroatoms. The molecular formula is C14H8Cl2N2O2. The van der Waals surface area contributed by atoms with Crippen molar-refractivity contribution in [3.05, 3.63) is 63.4 Å². The highest BCUT2D eigenvalue weighted by molar-refractivity contribution is 6.34. The predicted molar refractivity (Wildman–Crippen MR) is 74.5 cm³/mol. The molecule has 2 rings (SSSR count). The summed E-state index contributed by atoms with van der Waals surface area (Å²) in [6.07, 6.45) is 0. The lowest BCUT2D eigenvalue weighted by atomic mass is 10.2. The van der Waals surface area contributed by atoms with Gasteiger partial charge < -0.3 is 4.74 Å². The molecule has 0 saturated carbocycles. The summed E-state index contributed by atoms with van der Waals surface area (Å²) in [6.45, 7) is 0.0645. The minimum atomic E-state index is -0.651. The van der Waals surface area contributed by atoms with Gasteiger partial charge in [0, 0.05) is 0 Å². The van der Waals surface area contributed by atoms with Crippen LogP contribution < -0.4 is 0 Å². The molecule has 0 aliphatic heterocycles. The fraction of sp³-hybridized carbons (Fsp3) is 0.0714. The van der Waals surface area contributed by atoms with E-state index in [9.17, 15) is 4.79 Å². The van der Waals surface area contributed by atoms with E-state index in [1.165, 1.54) is 12.1 Å². The number of halogens is 2. The Hall–Kier alpha value is -2.09. The normalized spacial score (nSPS) is 9.85. The number of aromatic nitrogens is 1. The maximum absolute atomic E-state index is 11.8. The first-order valence-electron chi connectivity index (χ1n) is 5.58. The molecule has 0 aliphatic carbocycles. The van der Waals surface area contributed by atoms with E-state index in [-0.39, 0.29) is 22.5 Å². The zero-order valence-corrected chi connectivity index (χ0v) is 11.6. The second-order valence-electron chi connectivity index (χ2n) is 3.85. The highest BCUT2D eigenvalue weighted by atomic mass is 35.5. The van der Waals surface area contributed by atoms with Gasteiger partial charge in [0.05, 0.1) is 16.7 Å². The first-order chi connectivity index (χ1) is 9.60. The van der Waals surface area contributed by atoms with Crippen molar-refractivity contribution in [1.29, 1.82) is 5.26 Å². The van der Waals surface area contributed by atoms with Gasteiger partial charge in [0.2, 0.25) is 0 Å². The van der Waals surface area contributed by atoms with E-state index in [4.69, 9.17) is 33.2 Å². The van der Waals surface area contributed by atoms with Crippen LogP contribution in [0.15, 0.2) is 36.4 Å². The molecule has 0 radical (unpaired) electrons. The van der Waals surface area contributed by atoms with Crippen molar-refractivity contribution in [2.24, 2.45) is 0 Å². The molecule has 0 saturated heterocycles. The van der Waals surface area contributed by atoms with Crippen LogP contribution in [0.5, 0.6) is 0 Å². The van der Waals surface area contributed by atoms with Crippen molar-refractivity contribution in [3.8, 4) is 6.07 Å². The van der Waals surface area contributed by atoms with Crippen molar-refractivity contribution in [3.63, 3.8) is 0 Å². The fourth-order valence-corrected chi connectivity index (χ4v) is 1.78. The molecule has 2 aromatic rings. The number of pyridine rings is 1. The zero-order valence-electron chi connectivity index (χ0n) is 10.1. The third-order valence-electron chi connectivity index (χ3n) is 2.46. The van der Waals surface area contributed by atoms with Gasteiger partial charge in [-0.2, -0.15) is 5.26 Å². The zero-order chi connectivity index (χ0) is 14.5. The molecule has 0 unspecified atom stereocenters. The molecule has 0 atom stereocenters. The van der Waals surface area contributed by atoms with Crippen LogP contribution in [-0.2, 0) is 11.3 Å². The van der Waals surface area contributed by atoms with Gasteiger partial charge in [0.25, 0.3) is 0 Å². The lowest BCUT2D eigenvalue weighted by Crippen LogP contribution is -2.08. The van der Waals surface area contributed by atoms with Crippen LogP contribution in [0.25, 0.3) is 0 Å². The van der Waals surface area contributed by atoms with Gasteiger partial charge in [-0.1, -0.05) is 35.3 Å². The second kappa shape index (κ2) is 6.38. The summed E-state index contributed by atoms with van der Waals surface area (Å²) in [5.41, 5.74) is 1.28. The number of ether oxygens (including phenoxy) is 1. The van der Waals surface area contributed by atoms with Crippen LogP contribution in [-0.4, -0.2) is 11.0 Å². The van der Waals surface area contributed by atoms with Crippen molar-refractivity contribution in [2.45, 2.75) is 6.61 Å². The van der Waals surface area contributed by atoms with Gasteiger partial charge in [0.1, 0.15) is 11.8 Å². The number of carbonyl (C=O) groups is 1. The Kier molecular flexibility index (Phi) is 4.57. The lowest BCUT2D eigenvalue weighted by Gasteiger charge is -2.06. The summed E-state index contributed by atoms with van der Waals surface area (Å²) in [5, 5.41) is 9.03. The van der Waals surface area contributed by atoms with Crippen LogP contribution in [0.4, 0.5) is 0 Å². The minimum absolute atomic E-state index is 0.0205. The minimum Gasteiger partial charge on any atom is -0.456 e. The molecule has 0 spiro atoms. The first-order valence-corrected chi connectivity index (χ1v) is 6.34. The van der Waals surface area contributed by atoms with Gasteiger partial charge in [-0.3, -0.25) is 0 Å². The van der Waals surface area contributed by atoms with Crippen LogP contribution in [0, 0.1) is 11.3 Å². The summed E-state index contributed by atoms with van der Waals surface area (Å²) < 4.78 is 5.10. The summed E-state index contributed by atoms with van der Waals surface area (Å²) in [6, 6.07) is 11.7. The number of benzene rings is 1. The standard InChI is InChI=1S/C14H8Cl2N2O2/c15-11-5-6-12(16)18-13(11)14(19)20-8-10-3-1-9(7-17)2-4-10/h1-6H,8H2. The van der Waals surface area contributed by atoms with E-state index in [0.717, 1.165) is 5.56 Å². The number of hydrogen-bond acceptors (Lipinski definition) is 4. The van der Waals surface area contributed by atoms with Gasteiger partial charge in [-0.15, -0.1) is 0 Å². The molecule has 0 bridgehead atoms. The fourth-order valence-electron chi connectivity index (χ4n) is 1.45. The average molecular weight is 307 g/mol. The Morgan fingerprint density at radius 1 is 1.20 bits per heavy atom. The van der Waals surface area contributed by atoms with E-state index in [2.05, 4.69) is 4.98 Å². The molecule has 20 heavy (non-hydrogen) atoms. The lowest BCUT2D eigenvalue weighted by molar-refractivity contribution is 0.0466. The van der Waals surface area contributed by atoms with E-state index < -0.39 is 5.97 Å². The van der Waals surface area contributed by atoms with E-state index in [1.54, 1.807) is 24.3 Å². The average Bonchev–Trinajstić information content (AvgIpc) is 2.47. The van der Waals surface area contributed by atoms with Gasteiger partial charge in [0.15, 0.2) is 5.69 Å². The summed E-state index contributed by atoms with van der Waals surface area (Å²) >= 11 is 11.6. The number of esters is 1. The predicted octanol–water partition coefficient (Wildman–Crippen LogP) is 3.62. The van der Waals surface area contributed by atoms with Crippen LogP contribution in [0.3, 0.4) is 0 Å². The summed E-state index contributed by atoms with van der Waals surface area (Å²) in [4.78, 5) is 15.7. The molecule has 1 aromatic carbocycles. The summed E-state index contributed by atoms with van der Waals surface area (Å²) in [7, 11) is 0. The van der Waals surface area contributed by atoms with Crippen LogP contribution >= 0.6 is 23.2 Å². The molecule has 0 N–H and O–H groups in total. The molecule has 0 aliphatic rings. The maximum Gasteiger partial charge on any atom is 0.358 e. The second-order valence-corrected chi connectivity index (χ2v) is 4.64. The molecule has 100 valence electrons. The number of nitrogens with zero attached hydrogens (tertiary/aromatic N) is 2. The SMILES string of the molecule is N#Cc1ccc(COC(=O)c2nc(Cl)ccc2Cl)cc1. The van der Waals surface area contributed by atoms with Gasteiger partial charge in [-0.05, 0) is 29.8 Å². The van der Waals surface area contributed by atoms with Crippen molar-refractivity contribution < 1.29 is 9.53 Å². The summed E-state index contributed by atoms with van der Waals surface area (Å²) in [5.74, 6) is -0.651. The first kappa shape index (κ1) is 14.3. The van der Waals surface area contributed by atoms with Crippen LogP contribution in [0.1, 0.15) is 21.6 Å². The highest BCUT2D eigenvalue weighted by Crippen LogP contribution is 2.18. The molecule has 1 heterocycles. The molecule has 1 aromatic heterocycles. The van der Waals surface area contributed by atoms with Crippen molar-refractivity contribution in [1.82, 2.24) is 4.98 Å². The highest BCUT2D eigenvalue weighted by Gasteiger charge is 2.14. The Bertz CT molecular complexity index is 679. The Morgan fingerprint density at radius 3 is 2.55 bits per heavy atom. The maximum atomic E-state index is 11.8. The van der Waals surface area contributed by atoms with Gasteiger partial charge >= 0.3 is 5.97 Å². The molecule has 4 nitrogen and oxygen atoms in total. The van der Waals surface area contributed by atoms with E-state index >= 15 is 0 Å².